The largest absolute Gasteiger partial charge is 0.337 e. The van der Waals surface area contributed by atoms with Gasteiger partial charge in [-0.2, -0.15) is 0 Å². The van der Waals surface area contributed by atoms with Gasteiger partial charge in [0.1, 0.15) is 5.82 Å². The summed E-state index contributed by atoms with van der Waals surface area (Å²) in [7, 11) is 0. The molecule has 8 heteroatoms. The molecule has 1 aromatic carbocycles. The molecule has 0 bridgehead atoms. The molecule has 0 saturated carbocycles. The Hall–Kier alpha value is -2.48. The highest BCUT2D eigenvalue weighted by atomic mass is 32.1. The van der Waals surface area contributed by atoms with Crippen LogP contribution in [0.3, 0.4) is 0 Å². The molecular formula is C15H17FN4O2S. The number of benzene rings is 1. The molecule has 0 saturated heterocycles. The van der Waals surface area contributed by atoms with Crippen molar-refractivity contribution in [1.29, 1.82) is 0 Å². The lowest BCUT2D eigenvalue weighted by atomic mass is 10.2. The minimum atomic E-state index is -0.566. The molecule has 0 unspecified atom stereocenters. The third-order valence-electron chi connectivity index (χ3n) is 2.98. The van der Waals surface area contributed by atoms with Gasteiger partial charge in [0, 0.05) is 36.7 Å². The van der Waals surface area contributed by atoms with Crippen LogP contribution in [-0.2, 0) is 4.79 Å². The lowest BCUT2D eigenvalue weighted by Gasteiger charge is -2.12. The van der Waals surface area contributed by atoms with E-state index in [0.29, 0.717) is 12.2 Å². The molecule has 0 aliphatic carbocycles. The molecule has 3 amide bonds. The Morgan fingerprint density at radius 1 is 1.35 bits per heavy atom. The fourth-order valence-corrected chi connectivity index (χ4v) is 2.57. The van der Waals surface area contributed by atoms with Crippen LogP contribution in [-0.4, -0.2) is 23.5 Å². The van der Waals surface area contributed by atoms with E-state index in [9.17, 15) is 14.0 Å². The molecule has 0 radical (unpaired) electrons. The maximum atomic E-state index is 13.5. The number of nitrogens with one attached hydrogen (secondary N) is 3. The molecule has 1 heterocycles. The molecule has 0 fully saturated rings. The number of anilines is 2. The van der Waals surface area contributed by atoms with E-state index >= 15 is 0 Å². The number of thiazole rings is 1. The number of hydrogen-bond donors (Lipinski definition) is 3. The monoisotopic (exact) mass is 336 g/mol. The first kappa shape index (κ1) is 16.9. The zero-order valence-electron chi connectivity index (χ0n) is 12.7. The summed E-state index contributed by atoms with van der Waals surface area (Å²) in [6, 6.07) is 3.55. The highest BCUT2D eigenvalue weighted by molar-refractivity contribution is 7.09. The van der Waals surface area contributed by atoms with Gasteiger partial charge in [0.2, 0.25) is 5.91 Å². The van der Waals surface area contributed by atoms with Crippen LogP contribution in [0, 0.1) is 5.82 Å². The summed E-state index contributed by atoms with van der Waals surface area (Å²) in [6.45, 7) is 3.68. The number of aromatic nitrogens is 1. The lowest BCUT2D eigenvalue weighted by molar-refractivity contribution is -0.114. The zero-order chi connectivity index (χ0) is 16.8. The van der Waals surface area contributed by atoms with Gasteiger partial charge in [-0.25, -0.2) is 14.2 Å². The number of halogens is 1. The van der Waals surface area contributed by atoms with Gasteiger partial charge in [0.25, 0.3) is 0 Å². The van der Waals surface area contributed by atoms with Crippen molar-refractivity contribution >= 4 is 34.6 Å². The standard InChI is InChI=1S/C15H17FN4O2S/c1-9(14-17-5-6-23-14)8-18-15(22)20-11-3-4-12(16)13(7-11)19-10(2)21/h3-7,9H,8H2,1-2H3,(H,19,21)(H2,18,20,22)/t9-/m1/s1. The third-order valence-corrected chi connectivity index (χ3v) is 3.98. The number of carbonyl (C=O) groups is 2. The maximum Gasteiger partial charge on any atom is 0.319 e. The summed E-state index contributed by atoms with van der Waals surface area (Å²) >= 11 is 1.53. The van der Waals surface area contributed by atoms with Crippen LogP contribution in [0.1, 0.15) is 24.8 Å². The number of hydrogen-bond acceptors (Lipinski definition) is 4. The first-order chi connectivity index (χ1) is 11.0. The highest BCUT2D eigenvalue weighted by Crippen LogP contribution is 2.20. The molecule has 1 atom stereocenters. The molecule has 2 rings (SSSR count). The Balaban J connectivity index is 1.91. The van der Waals surface area contributed by atoms with E-state index in [1.165, 1.54) is 36.5 Å². The highest BCUT2D eigenvalue weighted by Gasteiger charge is 2.11. The number of urea groups is 1. The first-order valence-corrected chi connectivity index (χ1v) is 7.85. The SMILES string of the molecule is CC(=O)Nc1cc(NC(=O)NC[C@@H](C)c2nccs2)ccc1F. The fourth-order valence-electron chi connectivity index (χ4n) is 1.87. The van der Waals surface area contributed by atoms with Crippen LogP contribution in [0.4, 0.5) is 20.6 Å². The van der Waals surface area contributed by atoms with Gasteiger partial charge in [-0.1, -0.05) is 6.92 Å². The Labute approximate surface area is 137 Å². The van der Waals surface area contributed by atoms with E-state index in [1.807, 2.05) is 12.3 Å². The van der Waals surface area contributed by atoms with Crippen molar-refractivity contribution < 1.29 is 14.0 Å². The third kappa shape index (κ3) is 5.03. The molecule has 3 N–H and O–H groups in total. The normalized spacial score (nSPS) is 11.6. The van der Waals surface area contributed by atoms with E-state index in [0.717, 1.165) is 5.01 Å². The van der Waals surface area contributed by atoms with Crippen molar-refractivity contribution in [2.75, 3.05) is 17.2 Å². The van der Waals surface area contributed by atoms with Gasteiger partial charge >= 0.3 is 6.03 Å². The van der Waals surface area contributed by atoms with Gasteiger partial charge in [0.05, 0.1) is 10.7 Å². The van der Waals surface area contributed by atoms with Gasteiger partial charge in [-0.3, -0.25) is 4.79 Å². The summed E-state index contributed by atoms with van der Waals surface area (Å²) in [5.74, 6) is -0.852. The number of rotatable bonds is 5. The summed E-state index contributed by atoms with van der Waals surface area (Å²) in [5, 5.41) is 10.5. The minimum Gasteiger partial charge on any atom is -0.337 e. The second-order valence-corrected chi connectivity index (χ2v) is 5.91. The summed E-state index contributed by atoms with van der Waals surface area (Å²) in [4.78, 5) is 27.1. The second-order valence-electron chi connectivity index (χ2n) is 4.98. The van der Waals surface area contributed by atoms with Crippen LogP contribution >= 0.6 is 11.3 Å². The topological polar surface area (TPSA) is 83.1 Å². The number of amides is 3. The van der Waals surface area contributed by atoms with Crippen molar-refractivity contribution in [3.8, 4) is 0 Å². The lowest BCUT2D eigenvalue weighted by Crippen LogP contribution is -2.31. The van der Waals surface area contributed by atoms with E-state index < -0.39 is 11.8 Å². The molecule has 0 spiro atoms. The van der Waals surface area contributed by atoms with Crippen molar-refractivity contribution in [1.82, 2.24) is 10.3 Å². The second kappa shape index (κ2) is 7.68. The van der Waals surface area contributed by atoms with E-state index in [1.54, 1.807) is 6.20 Å². The smallest absolute Gasteiger partial charge is 0.319 e. The number of nitrogens with zero attached hydrogens (tertiary/aromatic N) is 1. The summed E-state index contributed by atoms with van der Waals surface area (Å²) in [6.07, 6.45) is 1.72. The summed E-state index contributed by atoms with van der Waals surface area (Å²) in [5.41, 5.74) is 0.404. The van der Waals surface area contributed by atoms with Crippen LogP contribution in [0.25, 0.3) is 0 Å². The predicted molar refractivity (Wildman–Crippen MR) is 88.3 cm³/mol. The molecule has 1 aromatic heterocycles. The van der Waals surface area contributed by atoms with Crippen molar-refractivity contribution in [2.24, 2.45) is 0 Å². The molecular weight excluding hydrogens is 319 g/mol. The molecule has 0 aliphatic heterocycles. The zero-order valence-corrected chi connectivity index (χ0v) is 13.5. The molecule has 23 heavy (non-hydrogen) atoms. The average molecular weight is 336 g/mol. The molecule has 2 aromatic rings. The van der Waals surface area contributed by atoms with Gasteiger partial charge < -0.3 is 16.0 Å². The molecule has 0 aliphatic rings. The van der Waals surface area contributed by atoms with Crippen molar-refractivity contribution in [2.45, 2.75) is 19.8 Å². The van der Waals surface area contributed by atoms with Crippen LogP contribution in [0.5, 0.6) is 0 Å². The predicted octanol–water partition coefficient (Wildman–Crippen LogP) is 3.17. The Morgan fingerprint density at radius 3 is 2.78 bits per heavy atom. The molecule has 122 valence electrons. The van der Waals surface area contributed by atoms with Crippen molar-refractivity contribution in [3.63, 3.8) is 0 Å². The van der Waals surface area contributed by atoms with Crippen molar-refractivity contribution in [3.05, 3.63) is 40.6 Å². The van der Waals surface area contributed by atoms with Gasteiger partial charge in [-0.15, -0.1) is 11.3 Å². The molecule has 6 nitrogen and oxygen atoms in total. The maximum absolute atomic E-state index is 13.5. The summed E-state index contributed by atoms with van der Waals surface area (Å²) < 4.78 is 13.5. The first-order valence-electron chi connectivity index (χ1n) is 6.97. The van der Waals surface area contributed by atoms with E-state index in [2.05, 4.69) is 20.9 Å². The quantitative estimate of drug-likeness (QED) is 0.784. The Kier molecular flexibility index (Phi) is 5.64. The van der Waals surface area contributed by atoms with Crippen LogP contribution in [0.2, 0.25) is 0 Å². The number of carbonyl (C=O) groups excluding carboxylic acids is 2. The van der Waals surface area contributed by atoms with Crippen LogP contribution < -0.4 is 16.0 Å². The Morgan fingerprint density at radius 2 is 2.13 bits per heavy atom. The van der Waals surface area contributed by atoms with E-state index in [-0.39, 0.29) is 17.5 Å². The van der Waals surface area contributed by atoms with Gasteiger partial charge in [0.15, 0.2) is 0 Å². The van der Waals surface area contributed by atoms with Gasteiger partial charge in [-0.05, 0) is 18.2 Å². The Bertz CT molecular complexity index is 691. The minimum absolute atomic E-state index is 0.0199. The van der Waals surface area contributed by atoms with Crippen LogP contribution in [0.15, 0.2) is 29.8 Å². The fraction of sp³-hybridized carbons (Fsp3) is 0.267. The van der Waals surface area contributed by atoms with E-state index in [4.69, 9.17) is 0 Å². The average Bonchev–Trinajstić information content (AvgIpc) is 3.02.